The second kappa shape index (κ2) is 7.09. The molecule has 0 heterocycles. The smallest absolute Gasteiger partial charge is 0.274 e. The molecule has 0 amide bonds. The molecule has 0 aromatic heterocycles. The number of hydrogen-bond donors (Lipinski definition) is 1. The highest BCUT2D eigenvalue weighted by Crippen LogP contribution is 2.35. The highest BCUT2D eigenvalue weighted by molar-refractivity contribution is 9.11. The number of halogens is 4. The van der Waals surface area contributed by atoms with Crippen LogP contribution in [0.4, 0.5) is 11.4 Å². The number of benzene rings is 2. The lowest BCUT2D eigenvalue weighted by Crippen LogP contribution is -2.04. The summed E-state index contributed by atoms with van der Waals surface area (Å²) in [7, 11) is 0. The van der Waals surface area contributed by atoms with Gasteiger partial charge in [0.1, 0.15) is 0 Å². The molecule has 2 aromatic carbocycles. The molecule has 0 aliphatic rings. The van der Waals surface area contributed by atoms with Gasteiger partial charge in [0.2, 0.25) is 0 Å². The second-order valence-electron chi connectivity index (χ2n) is 4.13. The van der Waals surface area contributed by atoms with Gasteiger partial charge in [0.15, 0.2) is 0 Å². The third-order valence-electron chi connectivity index (χ3n) is 2.70. The molecule has 4 nitrogen and oxygen atoms in total. The van der Waals surface area contributed by atoms with Gasteiger partial charge in [-0.3, -0.25) is 10.1 Å². The minimum absolute atomic E-state index is 0.0382. The number of nitrogens with zero attached hydrogens (tertiary/aromatic N) is 1. The first-order chi connectivity index (χ1) is 9.88. The lowest BCUT2D eigenvalue weighted by atomic mass is 10.1. The molecular weight excluding hydrogens is 491 g/mol. The number of nitro groups is 1. The molecule has 0 saturated heterocycles. The molecule has 0 bridgehead atoms. The van der Waals surface area contributed by atoms with Crippen LogP contribution in [0.2, 0.25) is 5.02 Å². The molecule has 0 saturated carbocycles. The van der Waals surface area contributed by atoms with Gasteiger partial charge in [0.05, 0.1) is 16.2 Å². The predicted molar refractivity (Wildman–Crippen MR) is 95.0 cm³/mol. The van der Waals surface area contributed by atoms with Crippen LogP contribution in [-0.4, -0.2) is 4.92 Å². The summed E-state index contributed by atoms with van der Waals surface area (Å²) in [6, 6.07) is 8.28. The average molecular weight is 499 g/mol. The van der Waals surface area contributed by atoms with E-state index in [4.69, 9.17) is 11.6 Å². The summed E-state index contributed by atoms with van der Waals surface area (Å²) in [5.41, 5.74) is 1.37. The van der Waals surface area contributed by atoms with Gasteiger partial charge < -0.3 is 5.32 Å². The molecule has 0 atom stereocenters. The highest BCUT2D eigenvalue weighted by atomic mass is 79.9. The van der Waals surface area contributed by atoms with E-state index in [1.807, 2.05) is 12.1 Å². The Morgan fingerprint density at radius 2 is 1.76 bits per heavy atom. The number of nitrogens with one attached hydrogen (secondary N) is 1. The fourth-order valence-corrected chi connectivity index (χ4v) is 4.50. The summed E-state index contributed by atoms with van der Waals surface area (Å²) in [4.78, 5) is 10.6. The number of rotatable bonds is 4. The van der Waals surface area contributed by atoms with Crippen molar-refractivity contribution in [2.45, 2.75) is 6.54 Å². The fourth-order valence-electron chi connectivity index (χ4n) is 1.77. The van der Waals surface area contributed by atoms with E-state index in [2.05, 4.69) is 53.1 Å². The van der Waals surface area contributed by atoms with Crippen LogP contribution in [0.3, 0.4) is 0 Å². The van der Waals surface area contributed by atoms with Gasteiger partial charge in [-0.1, -0.05) is 27.5 Å². The van der Waals surface area contributed by atoms with E-state index in [1.165, 1.54) is 12.1 Å². The minimum Gasteiger partial charge on any atom is -0.379 e. The van der Waals surface area contributed by atoms with Gasteiger partial charge in [-0.25, -0.2) is 0 Å². The summed E-state index contributed by atoms with van der Waals surface area (Å²) in [5, 5.41) is 14.7. The van der Waals surface area contributed by atoms with Crippen molar-refractivity contribution in [2.75, 3.05) is 5.32 Å². The number of anilines is 1. The molecule has 0 spiro atoms. The van der Waals surface area contributed by atoms with E-state index >= 15 is 0 Å². The number of nitro benzene ring substituents is 1. The van der Waals surface area contributed by atoms with Gasteiger partial charge in [0.25, 0.3) is 5.69 Å². The topological polar surface area (TPSA) is 55.2 Å². The van der Waals surface area contributed by atoms with Crippen LogP contribution >= 0.6 is 59.4 Å². The summed E-state index contributed by atoms with van der Waals surface area (Å²) >= 11 is 16.2. The van der Waals surface area contributed by atoms with Crippen LogP contribution in [0.5, 0.6) is 0 Å². The van der Waals surface area contributed by atoms with Crippen LogP contribution in [0.1, 0.15) is 5.56 Å². The monoisotopic (exact) mass is 496 g/mol. The SMILES string of the molecule is O=[N+]([O-])c1ccc(Cl)cc1CNc1c(Br)cc(Br)cc1Br. The zero-order valence-corrected chi connectivity index (χ0v) is 15.9. The van der Waals surface area contributed by atoms with Crippen molar-refractivity contribution in [3.8, 4) is 0 Å². The molecule has 0 fully saturated rings. The van der Waals surface area contributed by atoms with Gasteiger partial charge >= 0.3 is 0 Å². The van der Waals surface area contributed by atoms with Crippen molar-refractivity contribution in [1.29, 1.82) is 0 Å². The van der Waals surface area contributed by atoms with Crippen molar-refractivity contribution >= 4 is 70.8 Å². The molecule has 1 N–H and O–H groups in total. The van der Waals surface area contributed by atoms with E-state index < -0.39 is 4.92 Å². The molecule has 2 aromatic rings. The van der Waals surface area contributed by atoms with Crippen LogP contribution in [0, 0.1) is 10.1 Å². The zero-order chi connectivity index (χ0) is 15.6. The van der Waals surface area contributed by atoms with Crippen molar-refractivity contribution in [3.63, 3.8) is 0 Å². The maximum atomic E-state index is 11.0. The lowest BCUT2D eigenvalue weighted by molar-refractivity contribution is -0.385. The first-order valence-electron chi connectivity index (χ1n) is 5.69. The van der Waals surface area contributed by atoms with Crippen LogP contribution in [-0.2, 0) is 6.54 Å². The largest absolute Gasteiger partial charge is 0.379 e. The van der Waals surface area contributed by atoms with Gasteiger partial charge in [0, 0.05) is 31.1 Å². The Labute approximate surface area is 151 Å². The summed E-state index contributed by atoms with van der Waals surface area (Å²) in [6.07, 6.45) is 0. The third kappa shape index (κ3) is 4.18. The zero-order valence-electron chi connectivity index (χ0n) is 10.4. The second-order valence-corrected chi connectivity index (χ2v) is 7.19. The number of hydrogen-bond acceptors (Lipinski definition) is 3. The van der Waals surface area contributed by atoms with E-state index in [-0.39, 0.29) is 12.2 Å². The fraction of sp³-hybridized carbons (Fsp3) is 0.0769. The molecule has 2 rings (SSSR count). The lowest BCUT2D eigenvalue weighted by Gasteiger charge is -2.12. The van der Waals surface area contributed by atoms with E-state index in [1.54, 1.807) is 6.07 Å². The summed E-state index contributed by atoms with van der Waals surface area (Å²) in [6.45, 7) is 0.287. The molecule has 21 heavy (non-hydrogen) atoms. The Balaban J connectivity index is 2.28. The Bertz CT molecular complexity index is 687. The van der Waals surface area contributed by atoms with E-state index in [0.717, 1.165) is 19.1 Å². The molecule has 0 aliphatic heterocycles. The minimum atomic E-state index is -0.418. The first kappa shape index (κ1) is 16.7. The predicted octanol–water partition coefficient (Wildman–Crippen LogP) is 6.15. The van der Waals surface area contributed by atoms with E-state index in [9.17, 15) is 10.1 Å². The maximum Gasteiger partial charge on any atom is 0.274 e. The summed E-state index contributed by atoms with van der Waals surface area (Å²) < 4.78 is 2.60. The Kier molecular flexibility index (Phi) is 5.65. The molecule has 110 valence electrons. The normalized spacial score (nSPS) is 10.5. The average Bonchev–Trinajstić information content (AvgIpc) is 2.37. The van der Waals surface area contributed by atoms with Gasteiger partial charge in [-0.05, 0) is 56.1 Å². The van der Waals surface area contributed by atoms with Crippen molar-refractivity contribution < 1.29 is 4.92 Å². The third-order valence-corrected chi connectivity index (χ3v) is 4.64. The van der Waals surface area contributed by atoms with Crippen LogP contribution in [0.25, 0.3) is 0 Å². The van der Waals surface area contributed by atoms with Gasteiger partial charge in [-0.2, -0.15) is 0 Å². The van der Waals surface area contributed by atoms with Crippen molar-refractivity contribution in [2.24, 2.45) is 0 Å². The molecule has 0 aliphatic carbocycles. The van der Waals surface area contributed by atoms with Gasteiger partial charge in [-0.15, -0.1) is 0 Å². The molecule has 8 heteroatoms. The quantitative estimate of drug-likeness (QED) is 0.406. The Hall–Kier alpha value is -0.630. The summed E-state index contributed by atoms with van der Waals surface area (Å²) in [5.74, 6) is 0. The van der Waals surface area contributed by atoms with Crippen LogP contribution < -0.4 is 5.32 Å². The Morgan fingerprint density at radius 1 is 1.14 bits per heavy atom. The van der Waals surface area contributed by atoms with Crippen molar-refractivity contribution in [3.05, 3.63) is 64.5 Å². The Morgan fingerprint density at radius 3 is 2.33 bits per heavy atom. The standard InChI is InChI=1S/C13H8Br3ClN2O2/c14-8-4-10(15)13(11(16)5-8)18-6-7-3-9(17)1-2-12(7)19(20)21/h1-5,18H,6H2. The first-order valence-corrected chi connectivity index (χ1v) is 8.45. The van der Waals surface area contributed by atoms with E-state index in [0.29, 0.717) is 10.6 Å². The molecular formula is C13H8Br3ClN2O2. The maximum absolute atomic E-state index is 11.0. The molecule has 0 unspecified atom stereocenters. The van der Waals surface area contributed by atoms with Crippen molar-refractivity contribution in [1.82, 2.24) is 0 Å². The highest BCUT2D eigenvalue weighted by Gasteiger charge is 2.15. The van der Waals surface area contributed by atoms with Crippen LogP contribution in [0.15, 0.2) is 43.7 Å². The molecule has 0 radical (unpaired) electrons.